The summed E-state index contributed by atoms with van der Waals surface area (Å²) in [4.78, 5) is 4.56. The maximum Gasteiger partial charge on any atom is 0.244 e. The number of rotatable bonds is 13. The predicted octanol–water partition coefficient (Wildman–Crippen LogP) is 3.22. The second kappa shape index (κ2) is 11.7. The quantitative estimate of drug-likeness (QED) is 0.392. The number of hydrogen-bond acceptors (Lipinski definition) is 10. The van der Waals surface area contributed by atoms with Gasteiger partial charge in [0.25, 0.3) is 0 Å². The van der Waals surface area contributed by atoms with Crippen molar-refractivity contribution < 1.29 is 33.0 Å². The molecule has 0 unspecified atom stereocenters. The van der Waals surface area contributed by atoms with E-state index >= 15 is 0 Å². The summed E-state index contributed by atoms with van der Waals surface area (Å²) in [6.07, 6.45) is 0.874. The van der Waals surface area contributed by atoms with Crippen molar-refractivity contribution in [3.63, 3.8) is 0 Å². The van der Waals surface area contributed by atoms with Crippen LogP contribution < -0.4 is 19.5 Å². The molecule has 180 valence electrons. The molecule has 1 aromatic carbocycles. The van der Waals surface area contributed by atoms with Crippen LogP contribution in [0, 0.1) is 5.92 Å². The zero-order chi connectivity index (χ0) is 23.8. The van der Waals surface area contributed by atoms with Gasteiger partial charge in [0.1, 0.15) is 12.4 Å². The van der Waals surface area contributed by atoms with E-state index in [1.54, 1.807) is 45.8 Å². The Hall–Kier alpha value is -3.08. The normalized spacial score (nSPS) is 13.2. The van der Waals surface area contributed by atoms with Crippen molar-refractivity contribution in [3.8, 4) is 28.6 Å². The third-order valence-corrected chi connectivity index (χ3v) is 5.01. The van der Waals surface area contributed by atoms with Crippen LogP contribution in [0.1, 0.15) is 31.5 Å². The second-order valence-electron chi connectivity index (χ2n) is 7.75. The van der Waals surface area contributed by atoms with E-state index in [0.717, 1.165) is 0 Å². The molecular formula is C23H31N3O7. The maximum absolute atomic E-state index is 10.3. The molecule has 3 rings (SSSR count). The molecule has 2 atom stereocenters. The van der Waals surface area contributed by atoms with Crippen molar-refractivity contribution in [2.45, 2.75) is 32.6 Å². The number of furan rings is 1. The minimum absolute atomic E-state index is 0.134. The summed E-state index contributed by atoms with van der Waals surface area (Å²) in [6.45, 7) is 4.82. The van der Waals surface area contributed by atoms with Gasteiger partial charge in [-0.05, 0) is 30.2 Å². The first kappa shape index (κ1) is 24.6. The van der Waals surface area contributed by atoms with Gasteiger partial charge < -0.3 is 38.3 Å². The number of ether oxygens (including phenoxy) is 4. The molecule has 2 heterocycles. The van der Waals surface area contributed by atoms with Gasteiger partial charge in [0, 0.05) is 12.1 Å². The van der Waals surface area contributed by atoms with E-state index in [1.807, 2.05) is 19.9 Å². The van der Waals surface area contributed by atoms with Gasteiger partial charge in [0.15, 0.2) is 11.5 Å². The smallest absolute Gasteiger partial charge is 0.244 e. The van der Waals surface area contributed by atoms with Crippen molar-refractivity contribution in [3.05, 3.63) is 42.2 Å². The zero-order valence-electron chi connectivity index (χ0n) is 19.5. The number of nitrogens with one attached hydrogen (secondary N) is 1. The van der Waals surface area contributed by atoms with E-state index in [0.29, 0.717) is 53.4 Å². The van der Waals surface area contributed by atoms with Crippen LogP contribution in [0.2, 0.25) is 0 Å². The zero-order valence-corrected chi connectivity index (χ0v) is 19.5. The summed E-state index contributed by atoms with van der Waals surface area (Å²) in [5.74, 6) is 3.12. The average Bonchev–Trinajstić information content (AvgIpc) is 3.50. The van der Waals surface area contributed by atoms with Gasteiger partial charge in [-0.3, -0.25) is 0 Å². The largest absolute Gasteiger partial charge is 0.493 e. The third kappa shape index (κ3) is 6.25. The van der Waals surface area contributed by atoms with Crippen molar-refractivity contribution in [2.75, 3.05) is 34.5 Å². The standard InChI is InChI=1S/C23H31N3O7/c1-14(2)20(24-11-16(27)12-31-13-17-7-6-8-32-17)23-25-22(26-33-23)15-9-18(28-3)21(30-5)19(10-15)29-4/h6-10,14,16,20,24,27H,11-13H2,1-5H3/t16-,20+/m0/s1. The Balaban J connectivity index is 1.66. The van der Waals surface area contributed by atoms with Gasteiger partial charge in [-0.2, -0.15) is 4.98 Å². The van der Waals surface area contributed by atoms with E-state index in [-0.39, 0.29) is 18.6 Å². The first-order chi connectivity index (χ1) is 16.0. The SMILES string of the molecule is COc1cc(-c2noc([C@H](NC[C@H](O)COCc3ccco3)C(C)C)n2)cc(OC)c1OC. The molecule has 0 saturated heterocycles. The van der Waals surface area contributed by atoms with Gasteiger partial charge >= 0.3 is 0 Å². The van der Waals surface area contributed by atoms with E-state index < -0.39 is 6.10 Å². The van der Waals surface area contributed by atoms with Crippen LogP contribution >= 0.6 is 0 Å². The van der Waals surface area contributed by atoms with E-state index in [2.05, 4.69) is 15.5 Å². The Kier molecular flexibility index (Phi) is 8.70. The van der Waals surface area contributed by atoms with E-state index in [4.69, 9.17) is 27.9 Å². The lowest BCUT2D eigenvalue weighted by Crippen LogP contribution is -2.35. The summed E-state index contributed by atoms with van der Waals surface area (Å²) in [5, 5.41) is 17.7. The maximum atomic E-state index is 10.3. The van der Waals surface area contributed by atoms with Crippen LogP contribution in [0.4, 0.5) is 0 Å². The number of nitrogens with zero attached hydrogens (tertiary/aromatic N) is 2. The fraction of sp³-hybridized carbons (Fsp3) is 0.478. The van der Waals surface area contributed by atoms with Crippen molar-refractivity contribution in [1.29, 1.82) is 0 Å². The molecule has 0 fully saturated rings. The minimum Gasteiger partial charge on any atom is -0.493 e. The van der Waals surface area contributed by atoms with Crippen LogP contribution in [0.25, 0.3) is 11.4 Å². The lowest BCUT2D eigenvalue weighted by Gasteiger charge is -2.20. The third-order valence-electron chi connectivity index (χ3n) is 5.01. The van der Waals surface area contributed by atoms with Gasteiger partial charge in [-0.15, -0.1) is 0 Å². The van der Waals surface area contributed by atoms with Gasteiger partial charge in [-0.25, -0.2) is 0 Å². The summed E-state index contributed by atoms with van der Waals surface area (Å²) < 4.78 is 32.4. The summed E-state index contributed by atoms with van der Waals surface area (Å²) >= 11 is 0. The lowest BCUT2D eigenvalue weighted by atomic mass is 10.0. The molecule has 0 saturated carbocycles. The van der Waals surface area contributed by atoms with Crippen LogP contribution in [0.3, 0.4) is 0 Å². The first-order valence-corrected chi connectivity index (χ1v) is 10.6. The summed E-state index contributed by atoms with van der Waals surface area (Å²) in [5.41, 5.74) is 0.661. The molecule has 0 aliphatic carbocycles. The molecule has 0 aliphatic heterocycles. The molecule has 0 aliphatic rings. The van der Waals surface area contributed by atoms with Gasteiger partial charge in [0.05, 0.1) is 46.3 Å². The van der Waals surface area contributed by atoms with Crippen molar-refractivity contribution in [2.24, 2.45) is 5.92 Å². The number of hydrogen-bond donors (Lipinski definition) is 2. The fourth-order valence-corrected chi connectivity index (χ4v) is 3.31. The van der Waals surface area contributed by atoms with Crippen LogP contribution in [-0.2, 0) is 11.3 Å². The lowest BCUT2D eigenvalue weighted by molar-refractivity contribution is 0.0202. The number of methoxy groups -OCH3 is 3. The summed E-state index contributed by atoms with van der Waals surface area (Å²) in [7, 11) is 4.64. The molecule has 10 nitrogen and oxygen atoms in total. The molecule has 3 aromatic rings. The monoisotopic (exact) mass is 461 g/mol. The van der Waals surface area contributed by atoms with Crippen molar-refractivity contribution in [1.82, 2.24) is 15.5 Å². The van der Waals surface area contributed by atoms with Crippen molar-refractivity contribution >= 4 is 0 Å². The van der Waals surface area contributed by atoms with E-state index in [9.17, 15) is 5.11 Å². The van der Waals surface area contributed by atoms with Gasteiger partial charge in [-0.1, -0.05) is 19.0 Å². The highest BCUT2D eigenvalue weighted by Gasteiger charge is 2.24. The molecule has 10 heteroatoms. The highest BCUT2D eigenvalue weighted by molar-refractivity contribution is 5.66. The molecular weight excluding hydrogens is 430 g/mol. The number of benzene rings is 1. The molecule has 33 heavy (non-hydrogen) atoms. The highest BCUT2D eigenvalue weighted by Crippen LogP contribution is 2.40. The topological polar surface area (TPSA) is 121 Å². The predicted molar refractivity (Wildman–Crippen MR) is 119 cm³/mol. The Morgan fingerprint density at radius 3 is 2.39 bits per heavy atom. The first-order valence-electron chi connectivity index (χ1n) is 10.6. The van der Waals surface area contributed by atoms with Crippen LogP contribution in [0.5, 0.6) is 17.2 Å². The molecule has 2 aromatic heterocycles. The highest BCUT2D eigenvalue weighted by atomic mass is 16.5. The molecule has 0 spiro atoms. The molecule has 0 radical (unpaired) electrons. The fourth-order valence-electron chi connectivity index (χ4n) is 3.31. The summed E-state index contributed by atoms with van der Waals surface area (Å²) in [6, 6.07) is 6.87. The Bertz CT molecular complexity index is 963. The Labute approximate surface area is 192 Å². The van der Waals surface area contributed by atoms with Crippen LogP contribution in [-0.4, -0.2) is 55.8 Å². The number of aliphatic hydroxyl groups excluding tert-OH is 1. The molecule has 0 amide bonds. The minimum atomic E-state index is -0.710. The molecule has 2 N–H and O–H groups in total. The Morgan fingerprint density at radius 2 is 1.82 bits per heavy atom. The number of aliphatic hydroxyl groups is 1. The Morgan fingerprint density at radius 1 is 1.09 bits per heavy atom. The number of aromatic nitrogens is 2. The average molecular weight is 462 g/mol. The second-order valence-corrected chi connectivity index (χ2v) is 7.75. The van der Waals surface area contributed by atoms with E-state index in [1.165, 1.54) is 0 Å². The van der Waals surface area contributed by atoms with Crippen LogP contribution in [0.15, 0.2) is 39.5 Å². The molecule has 0 bridgehead atoms. The van der Waals surface area contributed by atoms with Gasteiger partial charge in [0.2, 0.25) is 17.5 Å².